The Morgan fingerprint density at radius 1 is 1.29 bits per heavy atom. The van der Waals surface area contributed by atoms with Gasteiger partial charge in [-0.1, -0.05) is 15.9 Å². The molecule has 5 heteroatoms. The third-order valence-electron chi connectivity index (χ3n) is 1.42. The molecule has 0 N–H and O–H groups in total. The van der Waals surface area contributed by atoms with Crippen LogP contribution in [-0.4, -0.2) is 19.0 Å². The van der Waals surface area contributed by atoms with Crippen LogP contribution in [-0.2, 0) is 4.84 Å². The van der Waals surface area contributed by atoms with E-state index in [2.05, 4.69) is 31.2 Å². The highest BCUT2D eigenvalue weighted by atomic mass is 79.9. The maximum absolute atomic E-state index is 5.36. The number of benzene rings is 1. The van der Waals surface area contributed by atoms with Gasteiger partial charge in [0.1, 0.15) is 12.9 Å². The molecule has 0 radical (unpaired) electrons. The molecule has 0 aliphatic carbocycles. The van der Waals surface area contributed by atoms with Crippen molar-refractivity contribution in [1.82, 2.24) is 0 Å². The summed E-state index contributed by atoms with van der Waals surface area (Å²) in [4.78, 5) is 4.46. The van der Waals surface area contributed by atoms with Gasteiger partial charge in [0, 0.05) is 10.6 Å². The molecule has 0 aliphatic rings. The molecule has 1 rings (SSSR count). The Bertz CT molecular complexity index is 287. The summed E-state index contributed by atoms with van der Waals surface area (Å²) >= 11 is 3.28. The van der Waals surface area contributed by atoms with Crippen molar-refractivity contribution in [3.8, 4) is 5.75 Å². The fourth-order valence-electron chi connectivity index (χ4n) is 0.853. The Balaban J connectivity index is 2.54. The van der Waals surface area contributed by atoms with Crippen LogP contribution in [0.3, 0.4) is 0 Å². The summed E-state index contributed by atoms with van der Waals surface area (Å²) in [5.74, 6) is 0.820. The lowest BCUT2D eigenvalue weighted by atomic mass is 10.3. The fourth-order valence-corrected chi connectivity index (χ4v) is 1.02. The first-order valence-electron chi connectivity index (χ1n) is 4.10. The van der Waals surface area contributed by atoms with Crippen LogP contribution in [0.2, 0.25) is 0 Å². The molecule has 0 unspecified atom stereocenters. The highest BCUT2D eigenvalue weighted by Gasteiger charge is 1.93. The van der Waals surface area contributed by atoms with Crippen molar-refractivity contribution in [2.24, 2.45) is 10.4 Å². The number of rotatable bonds is 5. The van der Waals surface area contributed by atoms with Crippen molar-refractivity contribution in [3.05, 3.63) is 24.3 Å². The second kappa shape index (κ2) is 6.37. The van der Waals surface area contributed by atoms with Gasteiger partial charge < -0.3 is 9.57 Å². The van der Waals surface area contributed by atoms with E-state index in [-0.39, 0.29) is 0 Å². The smallest absolute Gasteiger partial charge is 0.119 e. The fraction of sp³-hybridized carbons (Fsp3) is 0.333. The summed E-state index contributed by atoms with van der Waals surface area (Å²) in [6, 6.07) is 7.30. The van der Waals surface area contributed by atoms with Gasteiger partial charge in [-0.3, -0.25) is 0 Å². The maximum atomic E-state index is 5.36. The van der Waals surface area contributed by atoms with Gasteiger partial charge in [0.05, 0.1) is 12.3 Å². The zero-order valence-electron chi connectivity index (χ0n) is 7.81. The van der Waals surface area contributed by atoms with Crippen LogP contribution in [0.1, 0.15) is 0 Å². The molecule has 0 amide bonds. The zero-order valence-corrected chi connectivity index (χ0v) is 9.40. The van der Waals surface area contributed by atoms with Crippen LogP contribution in [0.5, 0.6) is 5.75 Å². The second-order valence-electron chi connectivity index (χ2n) is 2.40. The first kappa shape index (κ1) is 11.0. The molecule has 0 fully saturated rings. The van der Waals surface area contributed by atoms with Crippen LogP contribution < -0.4 is 4.74 Å². The lowest BCUT2D eigenvalue weighted by Crippen LogP contribution is -1.96. The van der Waals surface area contributed by atoms with Crippen molar-refractivity contribution in [3.63, 3.8) is 0 Å². The molecular formula is C9H11BrN2O2. The second-order valence-corrected chi connectivity index (χ2v) is 3.19. The number of hydrogen-bond acceptors (Lipinski definition) is 4. The van der Waals surface area contributed by atoms with E-state index in [0.717, 1.165) is 16.8 Å². The molecule has 0 aliphatic heterocycles. The Morgan fingerprint density at radius 3 is 2.57 bits per heavy atom. The lowest BCUT2D eigenvalue weighted by Gasteiger charge is -2.02. The first-order valence-corrected chi connectivity index (χ1v) is 5.22. The van der Waals surface area contributed by atoms with E-state index < -0.39 is 0 Å². The van der Waals surface area contributed by atoms with Gasteiger partial charge in [-0.2, -0.15) is 0 Å². The maximum Gasteiger partial charge on any atom is 0.119 e. The SMILES string of the molecule is CON=Nc1ccc(OCCBr)cc1. The zero-order chi connectivity index (χ0) is 10.2. The minimum absolute atomic E-state index is 0.652. The molecule has 4 nitrogen and oxygen atoms in total. The van der Waals surface area contributed by atoms with Crippen LogP contribution in [0.25, 0.3) is 0 Å². The van der Waals surface area contributed by atoms with Crippen molar-refractivity contribution in [2.75, 3.05) is 19.0 Å². The van der Waals surface area contributed by atoms with E-state index >= 15 is 0 Å². The van der Waals surface area contributed by atoms with Crippen LogP contribution in [0, 0.1) is 0 Å². The summed E-state index contributed by atoms with van der Waals surface area (Å²) in [5.41, 5.74) is 0.734. The predicted octanol–water partition coefficient (Wildman–Crippen LogP) is 3.11. The quantitative estimate of drug-likeness (QED) is 0.463. The van der Waals surface area contributed by atoms with Crippen molar-refractivity contribution in [1.29, 1.82) is 0 Å². The molecule has 0 aromatic heterocycles. The first-order chi connectivity index (χ1) is 6.86. The van der Waals surface area contributed by atoms with E-state index in [1.165, 1.54) is 7.11 Å². The van der Waals surface area contributed by atoms with Gasteiger partial charge >= 0.3 is 0 Å². The highest BCUT2D eigenvalue weighted by Crippen LogP contribution is 2.18. The molecule has 0 saturated heterocycles. The molecule has 76 valence electrons. The average Bonchev–Trinajstić information content (AvgIpc) is 2.25. The van der Waals surface area contributed by atoms with E-state index in [1.807, 2.05) is 24.3 Å². The van der Waals surface area contributed by atoms with Crippen molar-refractivity contribution in [2.45, 2.75) is 0 Å². The van der Waals surface area contributed by atoms with E-state index in [0.29, 0.717) is 6.61 Å². The number of ether oxygens (including phenoxy) is 1. The summed E-state index contributed by atoms with van der Waals surface area (Å²) < 4.78 is 5.36. The van der Waals surface area contributed by atoms with Gasteiger partial charge in [-0.05, 0) is 24.3 Å². The molecule has 0 bridgehead atoms. The summed E-state index contributed by atoms with van der Waals surface area (Å²) in [7, 11) is 1.46. The Labute approximate surface area is 91.0 Å². The van der Waals surface area contributed by atoms with Gasteiger partial charge in [0.2, 0.25) is 0 Å². The third kappa shape index (κ3) is 3.74. The summed E-state index contributed by atoms with van der Waals surface area (Å²) in [6.07, 6.45) is 0. The standard InChI is InChI=1S/C9H11BrN2O2/c1-13-12-11-8-2-4-9(5-3-8)14-7-6-10/h2-5H,6-7H2,1H3. The largest absolute Gasteiger partial charge is 0.493 e. The molecule has 0 atom stereocenters. The topological polar surface area (TPSA) is 43.2 Å². The molecule has 0 spiro atoms. The van der Waals surface area contributed by atoms with E-state index in [4.69, 9.17) is 4.74 Å². The predicted molar refractivity (Wildman–Crippen MR) is 57.3 cm³/mol. The number of halogens is 1. The Morgan fingerprint density at radius 2 is 2.00 bits per heavy atom. The molecule has 1 aromatic carbocycles. The summed E-state index contributed by atoms with van der Waals surface area (Å²) in [6.45, 7) is 0.652. The van der Waals surface area contributed by atoms with Gasteiger partial charge in [-0.15, -0.1) is 5.11 Å². The minimum Gasteiger partial charge on any atom is -0.493 e. The van der Waals surface area contributed by atoms with Crippen LogP contribution in [0.15, 0.2) is 34.7 Å². The number of nitrogens with zero attached hydrogens (tertiary/aromatic N) is 2. The molecule has 0 saturated carbocycles. The van der Waals surface area contributed by atoms with Gasteiger partial charge in [-0.25, -0.2) is 0 Å². The van der Waals surface area contributed by atoms with E-state index in [9.17, 15) is 0 Å². The third-order valence-corrected chi connectivity index (χ3v) is 1.74. The Kier molecular flexibility index (Phi) is 4.99. The summed E-state index contributed by atoms with van der Waals surface area (Å²) in [5, 5.41) is 8.01. The Hall–Kier alpha value is -1.10. The average molecular weight is 259 g/mol. The van der Waals surface area contributed by atoms with E-state index in [1.54, 1.807) is 0 Å². The van der Waals surface area contributed by atoms with Gasteiger partial charge in [0.25, 0.3) is 0 Å². The molecule has 1 aromatic rings. The number of hydrogen-bond donors (Lipinski definition) is 0. The van der Waals surface area contributed by atoms with Crippen LogP contribution in [0.4, 0.5) is 5.69 Å². The lowest BCUT2D eigenvalue weighted by molar-refractivity contribution is 0.190. The number of alkyl halides is 1. The normalized spacial score (nSPS) is 10.4. The monoisotopic (exact) mass is 258 g/mol. The molecular weight excluding hydrogens is 248 g/mol. The highest BCUT2D eigenvalue weighted by molar-refractivity contribution is 9.09. The molecule has 0 heterocycles. The van der Waals surface area contributed by atoms with Crippen LogP contribution >= 0.6 is 15.9 Å². The minimum atomic E-state index is 0.652. The van der Waals surface area contributed by atoms with Crippen molar-refractivity contribution >= 4 is 21.6 Å². The molecule has 14 heavy (non-hydrogen) atoms. The van der Waals surface area contributed by atoms with Crippen molar-refractivity contribution < 1.29 is 9.57 Å². The van der Waals surface area contributed by atoms with Gasteiger partial charge in [0.15, 0.2) is 0 Å².